The molecule has 0 radical (unpaired) electrons. The van der Waals surface area contributed by atoms with E-state index >= 15 is 0 Å². The van der Waals surface area contributed by atoms with Gasteiger partial charge in [0.15, 0.2) is 8.32 Å². The Morgan fingerprint density at radius 1 is 1.29 bits per heavy atom. The Balaban J connectivity index is 3.34. The van der Waals surface area contributed by atoms with Crippen LogP contribution in [0.4, 0.5) is 0 Å². The van der Waals surface area contributed by atoms with Crippen molar-refractivity contribution in [1.82, 2.24) is 0 Å². The van der Waals surface area contributed by atoms with Gasteiger partial charge >= 0.3 is 5.97 Å². The van der Waals surface area contributed by atoms with Crippen LogP contribution in [0.25, 0.3) is 0 Å². The number of ether oxygens (including phenoxy) is 2. The monoisotopic (exact) mass is 220 g/mol. The largest absolute Gasteiger partial charge is 0.467 e. The molecule has 0 amide bonds. The molecule has 0 unspecified atom stereocenters. The zero-order valence-electron chi connectivity index (χ0n) is 9.46. The Morgan fingerprint density at radius 3 is 2.43 bits per heavy atom. The molecule has 0 fully saturated rings. The van der Waals surface area contributed by atoms with Gasteiger partial charge in [0.1, 0.15) is 6.61 Å². The van der Waals surface area contributed by atoms with Gasteiger partial charge in [-0.1, -0.05) is 0 Å². The van der Waals surface area contributed by atoms with Crippen molar-refractivity contribution in [1.29, 1.82) is 0 Å². The molecule has 0 aromatic heterocycles. The highest BCUT2D eigenvalue weighted by molar-refractivity contribution is 6.71. The summed E-state index contributed by atoms with van der Waals surface area (Å²) in [4.78, 5) is 10.7. The molecule has 0 saturated carbocycles. The first-order valence-electron chi connectivity index (χ1n) is 4.71. The first kappa shape index (κ1) is 13.6. The predicted octanol–water partition coefficient (Wildman–Crippen LogP) is 1.42. The van der Waals surface area contributed by atoms with Gasteiger partial charge in [-0.15, -0.1) is 0 Å². The van der Waals surface area contributed by atoms with Crippen LogP contribution in [0.2, 0.25) is 19.1 Å². The minimum Gasteiger partial charge on any atom is -0.467 e. The predicted molar refractivity (Wildman–Crippen MR) is 56.8 cm³/mol. The molecule has 0 spiro atoms. The summed E-state index contributed by atoms with van der Waals surface area (Å²) in [5, 5.41) is 0. The van der Waals surface area contributed by atoms with Crippen LogP contribution in [0, 0.1) is 0 Å². The van der Waals surface area contributed by atoms with Gasteiger partial charge in [-0.25, -0.2) is 4.79 Å². The second kappa shape index (κ2) is 6.97. The lowest BCUT2D eigenvalue weighted by Crippen LogP contribution is -2.28. The van der Waals surface area contributed by atoms with Crippen molar-refractivity contribution >= 4 is 14.3 Å². The van der Waals surface area contributed by atoms with Crippen LogP contribution in [0.1, 0.15) is 6.42 Å². The van der Waals surface area contributed by atoms with Gasteiger partial charge in [0.05, 0.1) is 7.11 Å². The van der Waals surface area contributed by atoms with E-state index < -0.39 is 8.32 Å². The molecule has 14 heavy (non-hydrogen) atoms. The van der Waals surface area contributed by atoms with Crippen LogP contribution < -0.4 is 0 Å². The minimum absolute atomic E-state index is 0.0471. The lowest BCUT2D eigenvalue weighted by Gasteiger charge is -2.19. The molecule has 0 saturated heterocycles. The summed E-state index contributed by atoms with van der Waals surface area (Å²) in [6, 6.07) is 1.05. The highest BCUT2D eigenvalue weighted by Gasteiger charge is 2.19. The maximum atomic E-state index is 10.7. The number of carbonyl (C=O) groups is 1. The number of methoxy groups -OCH3 is 1. The summed E-state index contributed by atoms with van der Waals surface area (Å²) in [7, 11) is 1.65. The van der Waals surface area contributed by atoms with Crippen LogP contribution in [0.15, 0.2) is 0 Å². The first-order valence-corrected chi connectivity index (χ1v) is 7.83. The van der Waals surface area contributed by atoms with E-state index in [1.165, 1.54) is 7.11 Å². The van der Waals surface area contributed by atoms with Gasteiger partial charge in [-0.3, -0.25) is 0 Å². The molecule has 4 nitrogen and oxygen atoms in total. The molecule has 0 aromatic rings. The van der Waals surface area contributed by atoms with Gasteiger partial charge in [0, 0.05) is 13.7 Å². The van der Waals surface area contributed by atoms with Gasteiger partial charge in [-0.05, 0) is 25.6 Å². The van der Waals surface area contributed by atoms with E-state index in [9.17, 15) is 4.79 Å². The van der Waals surface area contributed by atoms with E-state index in [0.717, 1.165) is 12.5 Å². The summed E-state index contributed by atoms with van der Waals surface area (Å²) in [6.45, 7) is 4.96. The maximum Gasteiger partial charge on any atom is 0.331 e. The van der Waals surface area contributed by atoms with Crippen molar-refractivity contribution in [2.45, 2.75) is 25.6 Å². The summed E-state index contributed by atoms with van der Waals surface area (Å²) in [5.74, 6) is -0.326. The van der Waals surface area contributed by atoms with Crippen LogP contribution >= 0.6 is 0 Å². The fourth-order valence-corrected chi connectivity index (χ4v) is 2.12. The fourth-order valence-electron chi connectivity index (χ4n) is 0.916. The molecule has 0 aliphatic carbocycles. The van der Waals surface area contributed by atoms with Crippen LogP contribution in [-0.2, 0) is 18.7 Å². The van der Waals surface area contributed by atoms with Gasteiger partial charge < -0.3 is 13.9 Å². The molecule has 0 aliphatic rings. The third kappa shape index (κ3) is 7.05. The van der Waals surface area contributed by atoms with Crippen molar-refractivity contribution in [2.24, 2.45) is 0 Å². The smallest absolute Gasteiger partial charge is 0.331 e. The standard InChI is InChI=1S/C9H20O4Si/c1-11-9(10)8-13-6-5-7-14(3,4)12-2/h5-8H2,1-4H3. The third-order valence-corrected chi connectivity index (χ3v) is 4.73. The number of hydrogen-bond donors (Lipinski definition) is 0. The van der Waals surface area contributed by atoms with Gasteiger partial charge in [0.25, 0.3) is 0 Å². The van der Waals surface area contributed by atoms with E-state index in [1.54, 1.807) is 7.11 Å². The van der Waals surface area contributed by atoms with E-state index in [-0.39, 0.29) is 12.6 Å². The van der Waals surface area contributed by atoms with Crippen LogP contribution in [0.3, 0.4) is 0 Å². The quantitative estimate of drug-likeness (QED) is 0.370. The molecule has 0 bridgehead atoms. The Labute approximate surface area is 86.7 Å². The molecule has 5 heteroatoms. The number of rotatable bonds is 7. The number of esters is 1. The number of carbonyl (C=O) groups excluding carboxylic acids is 1. The van der Waals surface area contributed by atoms with Gasteiger partial charge in [-0.2, -0.15) is 0 Å². The van der Waals surface area contributed by atoms with Crippen LogP contribution in [-0.4, -0.2) is 41.7 Å². The Bertz CT molecular complexity index is 170. The molecule has 0 aliphatic heterocycles. The average Bonchev–Trinajstić information content (AvgIpc) is 2.17. The molecule has 0 atom stereocenters. The molecular weight excluding hydrogens is 200 g/mol. The minimum atomic E-state index is -1.46. The van der Waals surface area contributed by atoms with Gasteiger partial charge in [0.2, 0.25) is 0 Å². The SMILES string of the molecule is COC(=O)COCCC[Si](C)(C)OC. The Kier molecular flexibility index (Phi) is 6.78. The van der Waals surface area contributed by atoms with E-state index in [2.05, 4.69) is 17.8 Å². The molecule has 0 N–H and O–H groups in total. The lowest BCUT2D eigenvalue weighted by atomic mass is 10.5. The molecule has 0 aromatic carbocycles. The van der Waals surface area contributed by atoms with E-state index in [0.29, 0.717) is 6.61 Å². The molecule has 0 rings (SSSR count). The van der Waals surface area contributed by atoms with E-state index in [1.807, 2.05) is 0 Å². The zero-order valence-corrected chi connectivity index (χ0v) is 10.5. The average molecular weight is 220 g/mol. The summed E-state index contributed by atoms with van der Waals surface area (Å²) in [5.41, 5.74) is 0. The Hall–Kier alpha value is -0.393. The highest BCUT2D eigenvalue weighted by Crippen LogP contribution is 2.11. The van der Waals surface area contributed by atoms with Crippen LogP contribution in [0.5, 0.6) is 0 Å². The molecular formula is C9H20O4Si. The summed E-state index contributed by atoms with van der Waals surface area (Å²) >= 11 is 0. The highest BCUT2D eigenvalue weighted by atomic mass is 28.4. The summed E-state index contributed by atoms with van der Waals surface area (Å²) < 4.78 is 14.9. The molecule has 0 heterocycles. The van der Waals surface area contributed by atoms with E-state index in [4.69, 9.17) is 9.16 Å². The van der Waals surface area contributed by atoms with Crippen molar-refractivity contribution in [3.05, 3.63) is 0 Å². The van der Waals surface area contributed by atoms with Crippen molar-refractivity contribution in [2.75, 3.05) is 27.4 Å². The topological polar surface area (TPSA) is 44.8 Å². The zero-order chi connectivity index (χ0) is 11.0. The van der Waals surface area contributed by atoms with Crippen molar-refractivity contribution in [3.63, 3.8) is 0 Å². The van der Waals surface area contributed by atoms with Crippen molar-refractivity contribution in [3.8, 4) is 0 Å². The Morgan fingerprint density at radius 2 is 1.93 bits per heavy atom. The maximum absolute atomic E-state index is 10.7. The number of hydrogen-bond acceptors (Lipinski definition) is 4. The second-order valence-electron chi connectivity index (χ2n) is 3.70. The van der Waals surface area contributed by atoms with Crippen molar-refractivity contribution < 1.29 is 18.7 Å². The normalized spacial score (nSPS) is 11.4. The first-order chi connectivity index (χ1) is 6.52. The third-order valence-electron chi connectivity index (χ3n) is 2.07. The second-order valence-corrected chi connectivity index (χ2v) is 8.12. The lowest BCUT2D eigenvalue weighted by molar-refractivity contribution is -0.145. The summed E-state index contributed by atoms with van der Waals surface area (Å²) in [6.07, 6.45) is 0.935. The fraction of sp³-hybridized carbons (Fsp3) is 0.889. The molecule has 84 valence electrons.